The van der Waals surface area contributed by atoms with Crippen molar-refractivity contribution in [2.75, 3.05) is 0 Å². The average Bonchev–Trinajstić information content (AvgIpc) is 1.41. The van der Waals surface area contributed by atoms with Gasteiger partial charge in [0.15, 0.2) is 0 Å². The van der Waals surface area contributed by atoms with Crippen LogP contribution in [0, 0.1) is 0 Å². The summed E-state index contributed by atoms with van der Waals surface area (Å²) < 4.78 is 6.49. The van der Waals surface area contributed by atoms with Gasteiger partial charge in [0.25, 0.3) is 0 Å². The van der Waals surface area contributed by atoms with Gasteiger partial charge in [-0.15, -0.1) is 0 Å². The third-order valence-electron chi connectivity index (χ3n) is 0.0745. The van der Waals surface area contributed by atoms with E-state index in [9.17, 15) is 0 Å². The van der Waals surface area contributed by atoms with Crippen molar-refractivity contribution in [1.29, 1.82) is 0 Å². The first kappa shape index (κ1) is 5.27. The van der Waals surface area contributed by atoms with Gasteiger partial charge in [0, 0.05) is 0 Å². The Labute approximate surface area is 30.1 Å². The Kier molecular flexibility index (Phi) is 4.50. The molecular weight excluding hydrogens is 95.0 g/mol. The highest BCUT2D eigenvalue weighted by atomic mass is 31.1. The zero-order valence-electron chi connectivity index (χ0n) is 2.21. The van der Waals surface area contributed by atoms with Crippen molar-refractivity contribution >= 4 is 9.03 Å². The largest absolute Gasteiger partial charge is 0.246 e. The van der Waals surface area contributed by atoms with Gasteiger partial charge >= 0.3 is 0 Å². The second-order valence-corrected chi connectivity index (χ2v) is 0.798. The van der Waals surface area contributed by atoms with Crippen molar-refractivity contribution in [3.8, 4) is 0 Å². The van der Waals surface area contributed by atoms with Crippen LogP contribution >= 0.6 is 9.03 Å². The molecule has 0 spiro atoms. The molecule has 0 unspecified atom stereocenters. The molecular formula is H3O4P. The van der Waals surface area contributed by atoms with Crippen molar-refractivity contribution in [2.24, 2.45) is 0 Å². The van der Waals surface area contributed by atoms with E-state index in [1.807, 2.05) is 0 Å². The first-order valence-corrected chi connectivity index (χ1v) is 1.59. The molecule has 0 heterocycles. The molecule has 32 valence electrons. The monoisotopic (exact) mass is 98.0 g/mol. The maximum Gasteiger partial charge on any atom is 0.231 e. The lowest BCUT2D eigenvalue weighted by molar-refractivity contribution is -0.186. The molecule has 2 N–H and O–H groups in total. The molecule has 0 aliphatic carbocycles. The normalized spacial score (nSPS) is 8.40. The van der Waals surface area contributed by atoms with Gasteiger partial charge in [-0.2, -0.15) is 9.35 Å². The average molecular weight is 98.0 g/mol. The highest BCUT2D eigenvalue weighted by Crippen LogP contribution is 2.05. The standard InChI is InChI=1S/H3O4P/c1-3-5-4-2/h1-2,5H. The Morgan fingerprint density at radius 1 is 1.20 bits per heavy atom. The van der Waals surface area contributed by atoms with E-state index in [0.717, 1.165) is 0 Å². The van der Waals surface area contributed by atoms with E-state index in [1.165, 1.54) is 0 Å². The smallest absolute Gasteiger partial charge is 0.231 e. The predicted molar refractivity (Wildman–Crippen MR) is 15.7 cm³/mol. The molecule has 0 bridgehead atoms. The Hall–Kier alpha value is 0.270. The molecule has 0 aromatic carbocycles. The zero-order valence-corrected chi connectivity index (χ0v) is 3.21. The lowest BCUT2D eigenvalue weighted by Gasteiger charge is -1.81. The van der Waals surface area contributed by atoms with Crippen molar-refractivity contribution < 1.29 is 19.9 Å². The van der Waals surface area contributed by atoms with Gasteiger partial charge in [-0.25, -0.2) is 10.5 Å². The first-order valence-electron chi connectivity index (χ1n) is 0.773. The lowest BCUT2D eigenvalue weighted by atomic mass is 14.9. The Morgan fingerprint density at radius 3 is 1.60 bits per heavy atom. The Balaban J connectivity index is 2.19. The van der Waals surface area contributed by atoms with Gasteiger partial charge in [-0.05, 0) is 0 Å². The zero-order chi connectivity index (χ0) is 4.12. The summed E-state index contributed by atoms with van der Waals surface area (Å²) in [6.45, 7) is 0. The molecule has 0 aliphatic rings. The molecule has 0 fully saturated rings. The molecule has 0 rings (SSSR count). The van der Waals surface area contributed by atoms with Gasteiger partial charge < -0.3 is 0 Å². The van der Waals surface area contributed by atoms with Gasteiger partial charge in [0.1, 0.15) is 0 Å². The Bertz CT molecular complexity index is 11.1. The van der Waals surface area contributed by atoms with Crippen LogP contribution < -0.4 is 0 Å². The summed E-state index contributed by atoms with van der Waals surface area (Å²) in [5.41, 5.74) is 0. The fourth-order valence-electron chi connectivity index (χ4n) is 0.0167. The van der Waals surface area contributed by atoms with E-state index in [1.54, 1.807) is 0 Å². The maximum atomic E-state index is 7.29. The molecule has 0 aromatic heterocycles. The van der Waals surface area contributed by atoms with E-state index >= 15 is 0 Å². The minimum absolute atomic E-state index is 0.691. The van der Waals surface area contributed by atoms with Crippen LogP contribution in [0.2, 0.25) is 0 Å². The quantitative estimate of drug-likeness (QED) is 0.299. The summed E-state index contributed by atoms with van der Waals surface area (Å²) in [4.78, 5) is 0. The summed E-state index contributed by atoms with van der Waals surface area (Å²) in [6.07, 6.45) is 0. The second kappa shape index (κ2) is 4.27. The van der Waals surface area contributed by atoms with Crippen LogP contribution in [-0.2, 0) is 9.35 Å². The molecule has 4 nitrogen and oxygen atoms in total. The maximum absolute atomic E-state index is 7.29. The summed E-state index contributed by atoms with van der Waals surface area (Å²) >= 11 is 0. The Morgan fingerprint density at radius 2 is 1.60 bits per heavy atom. The number of hydrogen-bond donors (Lipinski definition) is 2. The topological polar surface area (TPSA) is 58.9 Å². The van der Waals surface area contributed by atoms with E-state index in [-0.39, 0.29) is 0 Å². The summed E-state index contributed by atoms with van der Waals surface area (Å²) in [6, 6.07) is 0. The molecule has 0 atom stereocenters. The fraction of sp³-hybridized carbons (Fsp3) is 0. The van der Waals surface area contributed by atoms with Crippen LogP contribution in [0.15, 0.2) is 0 Å². The molecule has 0 saturated carbocycles. The molecule has 5 heteroatoms. The van der Waals surface area contributed by atoms with Gasteiger partial charge in [0.05, 0.1) is 0 Å². The van der Waals surface area contributed by atoms with Gasteiger partial charge in [0.2, 0.25) is 9.03 Å². The predicted octanol–water partition coefficient (Wildman–Crippen LogP) is 0.474. The van der Waals surface area contributed by atoms with Gasteiger partial charge in [-0.3, -0.25) is 0 Å². The number of hydrogen-bond acceptors (Lipinski definition) is 4. The van der Waals surface area contributed by atoms with E-state index < -0.39 is 9.03 Å². The number of rotatable bonds is 2. The minimum atomic E-state index is -0.691. The molecule has 5 heavy (non-hydrogen) atoms. The van der Waals surface area contributed by atoms with Crippen molar-refractivity contribution in [3.05, 3.63) is 0 Å². The molecule has 0 amide bonds. The third kappa shape index (κ3) is 4.27. The van der Waals surface area contributed by atoms with E-state index in [2.05, 4.69) is 9.35 Å². The van der Waals surface area contributed by atoms with Crippen LogP contribution in [0.4, 0.5) is 0 Å². The third-order valence-corrected chi connectivity index (χ3v) is 0.224. The molecule has 0 aliphatic heterocycles. The van der Waals surface area contributed by atoms with Crippen LogP contribution in [-0.4, -0.2) is 10.5 Å². The van der Waals surface area contributed by atoms with E-state index in [4.69, 9.17) is 10.5 Å². The van der Waals surface area contributed by atoms with Crippen LogP contribution in [0.1, 0.15) is 0 Å². The molecule has 0 radical (unpaired) electrons. The van der Waals surface area contributed by atoms with Crippen molar-refractivity contribution in [3.63, 3.8) is 0 Å². The van der Waals surface area contributed by atoms with Crippen LogP contribution in [0.5, 0.6) is 0 Å². The highest BCUT2D eigenvalue weighted by Gasteiger charge is 1.70. The lowest BCUT2D eigenvalue weighted by Crippen LogP contribution is -1.62. The first-order chi connectivity index (χ1) is 2.41. The van der Waals surface area contributed by atoms with Gasteiger partial charge in [-0.1, -0.05) is 0 Å². The van der Waals surface area contributed by atoms with Crippen molar-refractivity contribution in [2.45, 2.75) is 0 Å². The molecule has 0 aromatic rings. The second-order valence-electron chi connectivity index (χ2n) is 0.266. The summed E-state index contributed by atoms with van der Waals surface area (Å²) in [7, 11) is -0.691. The summed E-state index contributed by atoms with van der Waals surface area (Å²) in [5.74, 6) is 0. The highest BCUT2D eigenvalue weighted by molar-refractivity contribution is 7.25. The van der Waals surface area contributed by atoms with Crippen molar-refractivity contribution in [1.82, 2.24) is 0 Å². The molecule has 0 saturated heterocycles. The van der Waals surface area contributed by atoms with Crippen LogP contribution in [0.25, 0.3) is 0 Å². The summed E-state index contributed by atoms with van der Waals surface area (Å²) in [5, 5.41) is 14.6. The van der Waals surface area contributed by atoms with E-state index in [0.29, 0.717) is 0 Å². The van der Waals surface area contributed by atoms with Crippen LogP contribution in [0.3, 0.4) is 0 Å². The fourth-order valence-corrected chi connectivity index (χ4v) is 0.0500. The SMILES string of the molecule is OOPOO. The minimum Gasteiger partial charge on any atom is -0.246 e.